The Morgan fingerprint density at radius 3 is 2.23 bits per heavy atom. The van der Waals surface area contributed by atoms with Gasteiger partial charge in [-0.25, -0.2) is 8.42 Å². The van der Waals surface area contributed by atoms with Crippen LogP contribution in [0.1, 0.15) is 34.2 Å². The summed E-state index contributed by atoms with van der Waals surface area (Å²) in [6.45, 7) is 2.34. The molecule has 1 fully saturated rings. The molecular weight excluding hydrogens is 414 g/mol. The molecule has 1 aliphatic rings. The lowest BCUT2D eigenvalue weighted by Gasteiger charge is -2.48. The van der Waals surface area contributed by atoms with Gasteiger partial charge in [0.2, 0.25) is 5.91 Å². The average molecular weight is 437 g/mol. The molecule has 7 heteroatoms. The first kappa shape index (κ1) is 21.1. The van der Waals surface area contributed by atoms with E-state index < -0.39 is 16.0 Å². The molecule has 0 aromatic heterocycles. The Hall–Kier alpha value is -3.16. The first-order valence-electron chi connectivity index (χ1n) is 9.84. The second-order valence-corrected chi connectivity index (χ2v) is 8.99. The number of ether oxygens (including phenoxy) is 1. The van der Waals surface area contributed by atoms with Crippen molar-refractivity contribution >= 4 is 16.0 Å². The topological polar surface area (TPSA) is 86.7 Å². The van der Waals surface area contributed by atoms with Crippen molar-refractivity contribution in [3.8, 4) is 5.75 Å². The van der Waals surface area contributed by atoms with Gasteiger partial charge in [-0.2, -0.15) is 0 Å². The number of aryl methyl sites for hydroxylation is 1. The van der Waals surface area contributed by atoms with E-state index in [4.69, 9.17) is 4.74 Å². The molecule has 4 rings (SSSR count). The maximum Gasteiger partial charge on any atom is 0.233 e. The van der Waals surface area contributed by atoms with E-state index in [0.29, 0.717) is 6.54 Å². The Labute approximate surface area is 181 Å². The van der Waals surface area contributed by atoms with Crippen LogP contribution in [0.15, 0.2) is 77.7 Å². The fraction of sp³-hybridized carbons (Fsp3) is 0.208. The number of hydrogen-bond acceptors (Lipinski definition) is 5. The predicted molar refractivity (Wildman–Crippen MR) is 115 cm³/mol. The molecule has 6 nitrogen and oxygen atoms in total. The van der Waals surface area contributed by atoms with Crippen molar-refractivity contribution in [3.05, 3.63) is 95.1 Å². The molecule has 3 aromatic rings. The number of amides is 1. The van der Waals surface area contributed by atoms with Crippen LogP contribution >= 0.6 is 0 Å². The molecule has 2 atom stereocenters. The lowest BCUT2D eigenvalue weighted by Crippen LogP contribution is -2.53. The van der Waals surface area contributed by atoms with Gasteiger partial charge in [-0.3, -0.25) is 4.79 Å². The van der Waals surface area contributed by atoms with Crippen LogP contribution in [-0.2, 0) is 21.5 Å². The molecule has 1 amide bonds. The molecule has 0 unspecified atom stereocenters. The Bertz CT molecular complexity index is 1200. The molecule has 0 radical (unpaired) electrons. The van der Waals surface area contributed by atoms with E-state index in [2.05, 4.69) is 0 Å². The summed E-state index contributed by atoms with van der Waals surface area (Å²) in [6.07, 6.45) is 0. The van der Waals surface area contributed by atoms with E-state index in [1.807, 2.05) is 55.5 Å². The van der Waals surface area contributed by atoms with E-state index in [9.17, 15) is 17.8 Å². The molecule has 0 aliphatic carbocycles. The van der Waals surface area contributed by atoms with Gasteiger partial charge in [-0.05, 0) is 41.8 Å². The van der Waals surface area contributed by atoms with E-state index in [1.165, 1.54) is 12.1 Å². The van der Waals surface area contributed by atoms with Crippen LogP contribution in [0.4, 0.5) is 0 Å². The fourth-order valence-corrected chi connectivity index (χ4v) is 4.79. The molecule has 160 valence electrons. The van der Waals surface area contributed by atoms with Gasteiger partial charge in [0, 0.05) is 6.54 Å². The minimum Gasteiger partial charge on any atom is -0.744 e. The highest BCUT2D eigenvalue weighted by molar-refractivity contribution is 7.85. The number of methoxy groups -OCH3 is 1. The summed E-state index contributed by atoms with van der Waals surface area (Å²) in [5.74, 6) is -0.223. The smallest absolute Gasteiger partial charge is 0.233 e. The maximum atomic E-state index is 13.2. The zero-order chi connectivity index (χ0) is 22.2. The molecule has 0 N–H and O–H groups in total. The van der Waals surface area contributed by atoms with Crippen molar-refractivity contribution in [1.82, 2.24) is 4.90 Å². The van der Waals surface area contributed by atoms with Crippen LogP contribution in [0.2, 0.25) is 0 Å². The third-order valence-electron chi connectivity index (χ3n) is 5.65. The van der Waals surface area contributed by atoms with Gasteiger partial charge in [-0.15, -0.1) is 0 Å². The monoisotopic (exact) mass is 436 g/mol. The molecule has 1 aliphatic heterocycles. The Balaban J connectivity index is 1.74. The summed E-state index contributed by atoms with van der Waals surface area (Å²) in [5, 5.41) is 0. The predicted octanol–water partition coefficient (Wildman–Crippen LogP) is 3.78. The second kappa shape index (κ2) is 8.17. The number of nitrogens with zero attached hydrogens (tertiary/aromatic N) is 1. The van der Waals surface area contributed by atoms with E-state index >= 15 is 0 Å². The minimum absolute atomic E-state index is 0.211. The van der Waals surface area contributed by atoms with Gasteiger partial charge in [0.1, 0.15) is 15.9 Å². The number of benzene rings is 3. The van der Waals surface area contributed by atoms with Crippen LogP contribution < -0.4 is 4.74 Å². The average Bonchev–Trinajstić information content (AvgIpc) is 2.76. The number of carbonyl (C=O) groups is 1. The summed E-state index contributed by atoms with van der Waals surface area (Å²) >= 11 is 0. The standard InChI is InChI=1S/C24H23NO5S/c1-16-7-11-18(12-8-16)23-22(20-5-3-4-6-21(20)31(27,28)29)24(26)25(23)15-17-9-13-19(30-2)14-10-17/h3-14,22-23H,15H2,1-2H3,(H,27,28,29)/p-1/t22-,23-/m1/s1. The lowest BCUT2D eigenvalue weighted by molar-refractivity contribution is -0.151. The van der Waals surface area contributed by atoms with E-state index in [1.54, 1.807) is 24.1 Å². The first-order chi connectivity index (χ1) is 14.8. The molecular formula is C24H22NO5S-. The number of β-lactam (4-membered cyclic amide) rings is 1. The van der Waals surface area contributed by atoms with Gasteiger partial charge < -0.3 is 14.2 Å². The normalized spacial score (nSPS) is 18.5. The van der Waals surface area contributed by atoms with Gasteiger partial charge in [0.05, 0.1) is 24.0 Å². The van der Waals surface area contributed by atoms with Crippen LogP contribution in [0.3, 0.4) is 0 Å². The van der Waals surface area contributed by atoms with Crippen LogP contribution in [0.5, 0.6) is 5.75 Å². The zero-order valence-corrected chi connectivity index (χ0v) is 18.0. The second-order valence-electron chi connectivity index (χ2n) is 7.64. The lowest BCUT2D eigenvalue weighted by atomic mass is 9.77. The van der Waals surface area contributed by atoms with Crippen LogP contribution in [-0.4, -0.2) is 30.9 Å². The van der Waals surface area contributed by atoms with Crippen LogP contribution in [0.25, 0.3) is 0 Å². The molecule has 3 aromatic carbocycles. The number of rotatable bonds is 6. The fourth-order valence-electron chi connectivity index (χ4n) is 4.06. The summed E-state index contributed by atoms with van der Waals surface area (Å²) in [4.78, 5) is 14.6. The van der Waals surface area contributed by atoms with Crippen molar-refractivity contribution in [3.63, 3.8) is 0 Å². The van der Waals surface area contributed by atoms with Crippen molar-refractivity contribution in [2.75, 3.05) is 7.11 Å². The SMILES string of the molecule is COc1ccc(CN2C(=O)[C@H](c3ccccc3S(=O)(=O)[O-])[C@H]2c2ccc(C)cc2)cc1. The summed E-state index contributed by atoms with van der Waals surface area (Å²) in [7, 11) is -3.12. The molecule has 0 bridgehead atoms. The summed E-state index contributed by atoms with van der Waals surface area (Å²) < 4.78 is 40.7. The van der Waals surface area contributed by atoms with Crippen LogP contribution in [0, 0.1) is 6.92 Å². The number of carbonyl (C=O) groups excluding carboxylic acids is 1. The van der Waals surface area contributed by atoms with E-state index in [0.717, 1.165) is 22.4 Å². The first-order valence-corrected chi connectivity index (χ1v) is 11.2. The third kappa shape index (κ3) is 4.06. The van der Waals surface area contributed by atoms with Crippen molar-refractivity contribution < 1.29 is 22.5 Å². The van der Waals surface area contributed by atoms with Gasteiger partial charge in [0.15, 0.2) is 0 Å². The molecule has 31 heavy (non-hydrogen) atoms. The number of hydrogen-bond donors (Lipinski definition) is 0. The molecule has 1 heterocycles. The summed E-state index contributed by atoms with van der Waals surface area (Å²) in [5.41, 5.74) is 3.14. The molecule has 1 saturated heterocycles. The highest BCUT2D eigenvalue weighted by Crippen LogP contribution is 2.48. The highest BCUT2D eigenvalue weighted by Gasteiger charge is 2.49. The van der Waals surface area contributed by atoms with Gasteiger partial charge >= 0.3 is 0 Å². The number of likely N-dealkylation sites (tertiary alicyclic amines) is 1. The largest absolute Gasteiger partial charge is 0.744 e. The Morgan fingerprint density at radius 1 is 0.968 bits per heavy atom. The Kier molecular flexibility index (Phi) is 5.56. The van der Waals surface area contributed by atoms with Crippen molar-refractivity contribution in [2.24, 2.45) is 0 Å². The zero-order valence-electron chi connectivity index (χ0n) is 17.2. The Morgan fingerprint density at radius 2 is 1.61 bits per heavy atom. The van der Waals surface area contributed by atoms with E-state index in [-0.39, 0.29) is 22.4 Å². The van der Waals surface area contributed by atoms with Crippen molar-refractivity contribution in [2.45, 2.75) is 30.3 Å². The summed E-state index contributed by atoms with van der Waals surface area (Å²) in [6, 6.07) is 20.8. The van der Waals surface area contributed by atoms with Gasteiger partial charge in [0.25, 0.3) is 0 Å². The minimum atomic E-state index is -4.71. The third-order valence-corrected chi connectivity index (χ3v) is 6.57. The highest BCUT2D eigenvalue weighted by atomic mass is 32.2. The van der Waals surface area contributed by atoms with Crippen molar-refractivity contribution in [1.29, 1.82) is 0 Å². The maximum absolute atomic E-state index is 13.2. The molecule has 0 spiro atoms. The quantitative estimate of drug-likeness (QED) is 0.434. The molecule has 0 saturated carbocycles. The van der Waals surface area contributed by atoms with Gasteiger partial charge in [-0.1, -0.05) is 60.2 Å².